The lowest BCUT2D eigenvalue weighted by Gasteiger charge is -2.27. The summed E-state index contributed by atoms with van der Waals surface area (Å²) in [5.41, 5.74) is 16.5. The molecule has 3 aromatic heterocycles. The van der Waals surface area contributed by atoms with E-state index in [0.717, 1.165) is 52.9 Å². The van der Waals surface area contributed by atoms with Crippen molar-refractivity contribution in [3.05, 3.63) is 106 Å². The van der Waals surface area contributed by atoms with E-state index in [1.807, 2.05) is 68.5 Å². The molecule has 0 aliphatic carbocycles. The number of rotatable bonds is 25. The van der Waals surface area contributed by atoms with Gasteiger partial charge in [-0.2, -0.15) is 0 Å². The number of allylic oxidation sites excluding steroid dienone is 1. The summed E-state index contributed by atoms with van der Waals surface area (Å²) in [5, 5.41) is 10.4. The molecule has 414 valence electrons. The van der Waals surface area contributed by atoms with Gasteiger partial charge in [0.15, 0.2) is 22.5 Å². The minimum absolute atomic E-state index is 0.0287. The molecule has 7 N–H and O–H groups in total. The number of carbonyl (C=O) groups excluding carboxylic acids is 6. The Balaban J connectivity index is 0.890. The molecule has 0 saturated heterocycles. The molecule has 0 saturated carbocycles. The quantitative estimate of drug-likeness (QED) is 0.0207. The molecule has 2 aliphatic heterocycles. The number of anilines is 2. The Kier molecular flexibility index (Phi) is 22.1. The van der Waals surface area contributed by atoms with E-state index >= 15 is 0 Å². The van der Waals surface area contributed by atoms with Gasteiger partial charge in [0.25, 0.3) is 0 Å². The van der Waals surface area contributed by atoms with E-state index in [9.17, 15) is 28.8 Å². The summed E-state index contributed by atoms with van der Waals surface area (Å²) < 4.78 is 5.82. The van der Waals surface area contributed by atoms with Crippen LogP contribution in [0.5, 0.6) is 0 Å². The van der Waals surface area contributed by atoms with Crippen LogP contribution in [0.25, 0.3) is 21.5 Å². The maximum atomic E-state index is 14.0. The molecular formula is C58H72N10O7S3. The lowest BCUT2D eigenvalue weighted by Crippen LogP contribution is -2.56. The van der Waals surface area contributed by atoms with Gasteiger partial charge in [-0.15, -0.1) is 23.1 Å². The SMILES string of the molecule is CCCCCCCC(=O)SCC/C=C/[C@@H]1CC(=O)NCc2nc(c(-c3ccc(COCC(=O)CCCCC(=O)c4ccc(CCc5cnc6cc(N)nc(N)c6n5)cc4)cc3)s2)C2=N[C@@](C)(CS2)C(=O)N[C@@H](C(C)C)C(=O)N1. The van der Waals surface area contributed by atoms with E-state index in [2.05, 4.69) is 37.8 Å². The molecule has 2 aromatic carbocycles. The van der Waals surface area contributed by atoms with Crippen LogP contribution >= 0.6 is 34.9 Å². The van der Waals surface area contributed by atoms with Crippen molar-refractivity contribution in [1.82, 2.24) is 35.9 Å². The number of unbranched alkanes of at least 4 members (excludes halogenated alkanes) is 5. The highest BCUT2D eigenvalue weighted by Crippen LogP contribution is 2.38. The van der Waals surface area contributed by atoms with Crippen molar-refractivity contribution in [1.29, 1.82) is 0 Å². The second-order valence-corrected chi connectivity index (χ2v) is 23.6. The predicted octanol–water partition coefficient (Wildman–Crippen LogP) is 9.09. The second kappa shape index (κ2) is 29.0. The highest BCUT2D eigenvalue weighted by molar-refractivity contribution is 8.14. The summed E-state index contributed by atoms with van der Waals surface area (Å²) in [6, 6.07) is 15.4. The summed E-state index contributed by atoms with van der Waals surface area (Å²) >= 11 is 4.16. The number of aliphatic imine (C=N–C) groups is 1. The van der Waals surface area contributed by atoms with Crippen LogP contribution < -0.4 is 27.4 Å². The molecule has 2 aliphatic rings. The number of thiazole rings is 1. The number of amides is 3. The van der Waals surface area contributed by atoms with Gasteiger partial charge in [-0.25, -0.2) is 15.0 Å². The monoisotopic (exact) mass is 1120 g/mol. The van der Waals surface area contributed by atoms with Gasteiger partial charge in [-0.05, 0) is 68.1 Å². The minimum Gasteiger partial charge on any atom is -0.384 e. The number of ether oxygens (including phenoxy) is 1. The van der Waals surface area contributed by atoms with E-state index in [4.69, 9.17) is 26.2 Å². The number of thioether (sulfide) groups is 2. The van der Waals surface area contributed by atoms with Crippen molar-refractivity contribution in [3.63, 3.8) is 0 Å². The van der Waals surface area contributed by atoms with Gasteiger partial charge in [0.2, 0.25) is 17.7 Å². The standard InChI is InChI=1S/C58H72N10O7S3/c1-5-6-7-8-9-17-49(72)76-28-13-12-14-41-29-47(71)62-32-48-66-52(56-68-58(4,35-77-56)57(74)67-50(36(2)3)55(73)64-41)53(78-48)40-25-20-38(21-26-40)33-75-34-43(69)15-10-11-16-45(70)39-23-18-37(19-24-39)22-27-42-31-61-44-30-46(59)65-54(60)51(44)63-42/h12,14,18-21,23-26,30-31,36,41,50H,5-11,13,15-17,22,27-29,32-35H2,1-4H3,(H,62,71)(H,64,73)(H,67,74)(H4,59,60,65)/b14-12+/t41-,50+,58+/m1/s1. The number of aromatic nitrogens is 4. The van der Waals surface area contributed by atoms with Crippen LogP contribution in [0.2, 0.25) is 0 Å². The average molecular weight is 1120 g/mol. The third kappa shape index (κ3) is 17.3. The Bertz CT molecular complexity index is 2980. The highest BCUT2D eigenvalue weighted by atomic mass is 32.2. The van der Waals surface area contributed by atoms with Crippen LogP contribution in [0.3, 0.4) is 0 Å². The van der Waals surface area contributed by atoms with Crippen LogP contribution in [-0.4, -0.2) is 95.1 Å². The van der Waals surface area contributed by atoms with Gasteiger partial charge in [0, 0.05) is 48.6 Å². The third-order valence-corrected chi connectivity index (χ3v) is 16.8. The van der Waals surface area contributed by atoms with Crippen molar-refractivity contribution >= 4 is 97.0 Å². The zero-order chi connectivity index (χ0) is 55.6. The topological polar surface area (TPSA) is 264 Å². The summed E-state index contributed by atoms with van der Waals surface area (Å²) in [6.45, 7) is 7.97. The number of benzene rings is 2. The van der Waals surface area contributed by atoms with Gasteiger partial charge in [0.1, 0.15) is 45.3 Å². The molecule has 17 nitrogen and oxygen atoms in total. The molecule has 0 radical (unpaired) electrons. The maximum Gasteiger partial charge on any atom is 0.249 e. The number of ketones is 2. The normalized spacial score (nSPS) is 18.0. The number of nitrogens with zero attached hydrogens (tertiary/aromatic N) is 5. The molecule has 4 bridgehead atoms. The largest absolute Gasteiger partial charge is 0.384 e. The number of pyridine rings is 1. The van der Waals surface area contributed by atoms with Crippen LogP contribution in [0.1, 0.15) is 143 Å². The van der Waals surface area contributed by atoms with E-state index in [-0.39, 0.29) is 66.4 Å². The fraction of sp³-hybridized carbons (Fsp3) is 0.466. The van der Waals surface area contributed by atoms with E-state index < -0.39 is 23.5 Å². The number of fused-ring (bicyclic) bond motifs is 5. The Hall–Kier alpha value is -6.35. The van der Waals surface area contributed by atoms with Crippen molar-refractivity contribution in [2.45, 2.75) is 148 Å². The first-order chi connectivity index (χ1) is 37.6. The van der Waals surface area contributed by atoms with Gasteiger partial charge in [0.05, 0.1) is 41.7 Å². The molecule has 78 heavy (non-hydrogen) atoms. The fourth-order valence-electron chi connectivity index (χ4n) is 8.88. The number of nitrogens with one attached hydrogen (secondary N) is 3. The average Bonchev–Trinajstić information content (AvgIpc) is 4.07. The summed E-state index contributed by atoms with van der Waals surface area (Å²) in [7, 11) is 0. The van der Waals surface area contributed by atoms with Crippen molar-refractivity contribution < 1.29 is 33.5 Å². The fourth-order valence-corrected chi connectivity index (χ4v) is 11.9. The first kappa shape index (κ1) is 59.3. The Morgan fingerprint density at radius 1 is 0.897 bits per heavy atom. The second-order valence-electron chi connectivity index (χ2n) is 20.4. The number of hydrogen-bond acceptors (Lipinski definition) is 17. The smallest absolute Gasteiger partial charge is 0.249 e. The summed E-state index contributed by atoms with van der Waals surface area (Å²) in [6.07, 6.45) is 15.1. The zero-order valence-electron chi connectivity index (χ0n) is 45.1. The molecular weight excluding hydrogens is 1040 g/mol. The van der Waals surface area contributed by atoms with E-state index in [1.165, 1.54) is 41.3 Å². The molecule has 5 aromatic rings. The van der Waals surface area contributed by atoms with E-state index in [0.29, 0.717) is 101 Å². The van der Waals surface area contributed by atoms with Gasteiger partial charge in [-0.3, -0.25) is 38.7 Å². The number of nitrogens with two attached hydrogens (primary N) is 2. The highest BCUT2D eigenvalue weighted by Gasteiger charge is 2.42. The van der Waals surface area contributed by atoms with Crippen LogP contribution in [-0.2, 0) is 54.7 Å². The number of hydrogen-bond donors (Lipinski definition) is 5. The van der Waals surface area contributed by atoms with Crippen LogP contribution in [0.15, 0.2) is 77.9 Å². The minimum atomic E-state index is -1.17. The number of aryl methyl sites for hydroxylation is 2. The Labute approximate surface area is 469 Å². The van der Waals surface area contributed by atoms with Gasteiger partial charge >= 0.3 is 0 Å². The van der Waals surface area contributed by atoms with Crippen LogP contribution in [0.4, 0.5) is 11.6 Å². The van der Waals surface area contributed by atoms with E-state index in [1.54, 1.807) is 25.3 Å². The molecule has 7 rings (SSSR count). The van der Waals surface area contributed by atoms with Crippen molar-refractivity contribution in [3.8, 4) is 10.4 Å². The zero-order valence-corrected chi connectivity index (χ0v) is 47.5. The first-order valence-corrected chi connectivity index (χ1v) is 29.8. The molecule has 0 unspecified atom stereocenters. The molecule has 3 amide bonds. The third-order valence-electron chi connectivity index (χ3n) is 13.4. The number of nitrogen functional groups attached to an aromatic ring is 2. The molecule has 5 heterocycles. The maximum absolute atomic E-state index is 14.0. The number of carbonyl (C=O) groups is 6. The van der Waals surface area contributed by atoms with Crippen LogP contribution in [0, 0.1) is 5.92 Å². The lowest BCUT2D eigenvalue weighted by atomic mass is 9.99. The molecule has 0 fully saturated rings. The predicted molar refractivity (Wildman–Crippen MR) is 312 cm³/mol. The lowest BCUT2D eigenvalue weighted by molar-refractivity contribution is -0.132. The summed E-state index contributed by atoms with van der Waals surface area (Å²) in [5.74, 6) is 0.148. The summed E-state index contributed by atoms with van der Waals surface area (Å²) in [4.78, 5) is 103. The number of Topliss-reactive ketones (excluding diaryl/α,β-unsaturated/α-hetero) is 2. The van der Waals surface area contributed by atoms with Gasteiger partial charge in [-0.1, -0.05) is 119 Å². The Morgan fingerprint density at radius 3 is 2.41 bits per heavy atom. The molecule has 3 atom stereocenters. The Morgan fingerprint density at radius 2 is 1.64 bits per heavy atom. The van der Waals surface area contributed by atoms with Gasteiger partial charge < -0.3 is 32.2 Å². The van der Waals surface area contributed by atoms with Crippen molar-refractivity contribution in [2.24, 2.45) is 10.9 Å². The van der Waals surface area contributed by atoms with Crippen molar-refractivity contribution in [2.75, 3.05) is 29.6 Å². The molecule has 20 heteroatoms. The molecule has 0 spiro atoms. The first-order valence-electron chi connectivity index (χ1n) is 27.0.